The van der Waals surface area contributed by atoms with Gasteiger partial charge in [0, 0.05) is 6.42 Å². The molecule has 0 saturated carbocycles. The fraction of sp³-hybridized carbons (Fsp3) is 0.596. The van der Waals surface area contributed by atoms with Gasteiger partial charge in [-0.15, -0.1) is 0 Å². The number of carbonyl (C=O) groups excluding carboxylic acids is 1. The fourth-order valence-electron chi connectivity index (χ4n) is 5.64. The highest BCUT2D eigenvalue weighted by Crippen LogP contribution is 2.22. The van der Waals surface area contributed by atoms with Crippen LogP contribution in [-0.4, -0.2) is 87.5 Å². The molecule has 1 heterocycles. The number of hydrogen-bond acceptors (Lipinski definition) is 8. The van der Waals surface area contributed by atoms with E-state index in [0.29, 0.717) is 12.8 Å². The van der Waals surface area contributed by atoms with E-state index in [-0.39, 0.29) is 18.9 Å². The lowest BCUT2D eigenvalue weighted by atomic mass is 9.99. The third-order valence-electron chi connectivity index (χ3n) is 9.06. The van der Waals surface area contributed by atoms with E-state index in [1.54, 1.807) is 6.08 Å². The molecule has 1 saturated heterocycles. The maximum Gasteiger partial charge on any atom is 0.220 e. The summed E-state index contributed by atoms with van der Waals surface area (Å²) in [5.74, 6) is -0.241. The minimum atomic E-state index is -1.59. The monoisotopic (exact) mass is 782 g/mol. The summed E-state index contributed by atoms with van der Waals surface area (Å²) in [4.78, 5) is 12.9. The van der Waals surface area contributed by atoms with Crippen molar-refractivity contribution in [1.82, 2.24) is 5.32 Å². The average Bonchev–Trinajstić information content (AvgIpc) is 3.20. The maximum atomic E-state index is 12.9. The quantitative estimate of drug-likeness (QED) is 0.0295. The van der Waals surface area contributed by atoms with Crippen LogP contribution in [0.1, 0.15) is 123 Å². The summed E-state index contributed by atoms with van der Waals surface area (Å²) < 4.78 is 11.1. The van der Waals surface area contributed by atoms with Crippen molar-refractivity contribution < 1.29 is 39.8 Å². The Hall–Kier alpha value is -3.15. The molecule has 0 aromatic carbocycles. The first-order valence-corrected chi connectivity index (χ1v) is 21.1. The largest absolute Gasteiger partial charge is 0.394 e. The Balaban J connectivity index is 2.46. The Morgan fingerprint density at radius 2 is 1.11 bits per heavy atom. The van der Waals surface area contributed by atoms with Crippen molar-refractivity contribution in [2.45, 2.75) is 166 Å². The highest BCUT2D eigenvalue weighted by molar-refractivity contribution is 5.76. The smallest absolute Gasteiger partial charge is 0.220 e. The van der Waals surface area contributed by atoms with Gasteiger partial charge in [-0.3, -0.25) is 4.79 Å². The number of allylic oxidation sites excluding steroid dienone is 17. The van der Waals surface area contributed by atoms with E-state index >= 15 is 0 Å². The van der Waals surface area contributed by atoms with Crippen LogP contribution < -0.4 is 5.32 Å². The number of nitrogens with one attached hydrogen (secondary N) is 1. The summed E-state index contributed by atoms with van der Waals surface area (Å²) in [5.41, 5.74) is 0. The zero-order valence-electron chi connectivity index (χ0n) is 34.3. The number of amides is 1. The van der Waals surface area contributed by atoms with Gasteiger partial charge in [0.1, 0.15) is 24.4 Å². The van der Waals surface area contributed by atoms with Gasteiger partial charge in [-0.2, -0.15) is 0 Å². The second-order valence-corrected chi connectivity index (χ2v) is 14.0. The van der Waals surface area contributed by atoms with Gasteiger partial charge in [0.15, 0.2) is 6.29 Å². The Kier molecular flexibility index (Phi) is 32.9. The van der Waals surface area contributed by atoms with Crippen LogP contribution in [0.15, 0.2) is 109 Å². The summed E-state index contributed by atoms with van der Waals surface area (Å²) in [7, 11) is 0. The zero-order valence-corrected chi connectivity index (χ0v) is 34.3. The van der Waals surface area contributed by atoms with Crippen molar-refractivity contribution in [3.8, 4) is 0 Å². The number of aliphatic hydroxyl groups excluding tert-OH is 5. The van der Waals surface area contributed by atoms with Crippen molar-refractivity contribution in [3.63, 3.8) is 0 Å². The van der Waals surface area contributed by atoms with Gasteiger partial charge in [-0.1, -0.05) is 136 Å². The molecule has 0 aromatic heterocycles. The number of rotatable bonds is 32. The standard InChI is InChI=1S/C47H75NO8/c1-3-5-7-9-11-13-15-17-18-19-20-21-22-23-24-25-27-29-31-33-35-37-43(51)48-40(39-55-47-46(54)45(53)44(52)42(38-49)56-47)41(50)36-34-32-30-28-26-16-14-12-10-8-6-4-2/h5,7,10-13,17-18,20-21,23-24,26-29,34,36,40-42,44-47,49-50,52-54H,3-4,6,8-9,14-16,19,22,25,30-33,35,37-39H2,1-2H3,(H,48,51)/b7-5-,12-10+,13-11-,18-17-,21-20-,24-23-,28-26+,29-27-,36-34+. The minimum absolute atomic E-state index is 0.232. The third-order valence-corrected chi connectivity index (χ3v) is 9.06. The molecule has 0 aliphatic carbocycles. The summed E-state index contributed by atoms with van der Waals surface area (Å²) >= 11 is 0. The molecular formula is C47H75NO8. The van der Waals surface area contributed by atoms with E-state index in [2.05, 4.69) is 116 Å². The van der Waals surface area contributed by atoms with Crippen LogP contribution in [0.3, 0.4) is 0 Å². The van der Waals surface area contributed by atoms with Gasteiger partial charge in [-0.05, 0) is 89.9 Å². The molecule has 0 aromatic rings. The van der Waals surface area contributed by atoms with Crippen LogP contribution >= 0.6 is 0 Å². The molecule has 1 aliphatic heterocycles. The molecule has 1 rings (SSSR count). The number of aliphatic hydroxyl groups is 5. The Morgan fingerprint density at radius 3 is 1.64 bits per heavy atom. The SMILES string of the molecule is CC/C=C\C/C=C\C/C=C\C/C=C\C/C=C\C/C=C\CCCCC(=O)NC(COC1OC(CO)C(O)C(O)C1O)C(O)/C=C/CC/C=C/CC/C=C/CCCC. The minimum Gasteiger partial charge on any atom is -0.394 e. The molecule has 1 amide bonds. The van der Waals surface area contributed by atoms with Crippen LogP contribution in [0.4, 0.5) is 0 Å². The molecule has 7 atom stereocenters. The maximum absolute atomic E-state index is 12.9. The third kappa shape index (κ3) is 26.7. The molecule has 6 N–H and O–H groups in total. The predicted octanol–water partition coefficient (Wildman–Crippen LogP) is 8.33. The highest BCUT2D eigenvalue weighted by Gasteiger charge is 2.44. The Bertz CT molecular complexity index is 1230. The lowest BCUT2D eigenvalue weighted by molar-refractivity contribution is -0.302. The van der Waals surface area contributed by atoms with Crippen molar-refractivity contribution in [1.29, 1.82) is 0 Å². The van der Waals surface area contributed by atoms with Gasteiger partial charge in [0.25, 0.3) is 0 Å². The lowest BCUT2D eigenvalue weighted by Crippen LogP contribution is -2.60. The lowest BCUT2D eigenvalue weighted by Gasteiger charge is -2.40. The molecule has 1 aliphatic rings. The number of unbranched alkanes of at least 4 members (excludes halogenated alkanes) is 6. The van der Waals surface area contributed by atoms with E-state index in [4.69, 9.17) is 9.47 Å². The molecule has 0 bridgehead atoms. The molecule has 7 unspecified atom stereocenters. The molecule has 0 spiro atoms. The Labute approximate surface area is 338 Å². The highest BCUT2D eigenvalue weighted by atomic mass is 16.7. The van der Waals surface area contributed by atoms with E-state index in [9.17, 15) is 30.3 Å². The van der Waals surface area contributed by atoms with Crippen LogP contribution in [0.2, 0.25) is 0 Å². The van der Waals surface area contributed by atoms with E-state index in [0.717, 1.165) is 77.0 Å². The molecule has 9 heteroatoms. The van der Waals surface area contributed by atoms with Gasteiger partial charge >= 0.3 is 0 Å². The molecule has 0 radical (unpaired) electrons. The molecule has 1 fully saturated rings. The summed E-state index contributed by atoms with van der Waals surface area (Å²) in [6, 6.07) is -0.857. The van der Waals surface area contributed by atoms with Gasteiger partial charge < -0.3 is 40.3 Å². The van der Waals surface area contributed by atoms with Crippen LogP contribution in [0.5, 0.6) is 0 Å². The second-order valence-electron chi connectivity index (χ2n) is 14.0. The topological polar surface area (TPSA) is 149 Å². The predicted molar refractivity (Wildman–Crippen MR) is 230 cm³/mol. The zero-order chi connectivity index (χ0) is 40.9. The second kappa shape index (κ2) is 36.2. The first-order valence-electron chi connectivity index (χ1n) is 21.1. The summed E-state index contributed by atoms with van der Waals surface area (Å²) in [6.07, 6.45) is 45.6. The van der Waals surface area contributed by atoms with E-state index in [1.165, 1.54) is 12.8 Å². The normalized spacial score (nSPS) is 22.3. The van der Waals surface area contributed by atoms with Crippen molar-refractivity contribution in [3.05, 3.63) is 109 Å². The van der Waals surface area contributed by atoms with Gasteiger partial charge in [0.2, 0.25) is 5.91 Å². The number of hydrogen-bond donors (Lipinski definition) is 6. The molecule has 56 heavy (non-hydrogen) atoms. The van der Waals surface area contributed by atoms with Crippen molar-refractivity contribution >= 4 is 5.91 Å². The van der Waals surface area contributed by atoms with Gasteiger partial charge in [0.05, 0.1) is 25.4 Å². The van der Waals surface area contributed by atoms with Gasteiger partial charge in [-0.25, -0.2) is 0 Å². The van der Waals surface area contributed by atoms with E-state index in [1.807, 2.05) is 6.08 Å². The van der Waals surface area contributed by atoms with Crippen molar-refractivity contribution in [2.75, 3.05) is 13.2 Å². The van der Waals surface area contributed by atoms with E-state index < -0.39 is 49.5 Å². The van der Waals surface area contributed by atoms with Crippen molar-refractivity contribution in [2.24, 2.45) is 0 Å². The fourth-order valence-corrected chi connectivity index (χ4v) is 5.64. The molecule has 316 valence electrons. The summed E-state index contributed by atoms with van der Waals surface area (Å²) in [6.45, 7) is 3.52. The first-order chi connectivity index (χ1) is 27.3. The van der Waals surface area contributed by atoms with Crippen LogP contribution in [0.25, 0.3) is 0 Å². The van der Waals surface area contributed by atoms with Crippen LogP contribution in [-0.2, 0) is 14.3 Å². The average molecular weight is 782 g/mol. The summed E-state index contributed by atoms with van der Waals surface area (Å²) in [5, 5.41) is 53.9. The van der Waals surface area contributed by atoms with Crippen LogP contribution in [0, 0.1) is 0 Å². The number of carbonyl (C=O) groups is 1. The Morgan fingerprint density at radius 1 is 0.625 bits per heavy atom. The molecule has 9 nitrogen and oxygen atoms in total. The first kappa shape index (κ1) is 50.9. The molecular weight excluding hydrogens is 707 g/mol. The number of ether oxygens (including phenoxy) is 2.